The smallest absolute Gasteiger partial charge is 0.319 e. The lowest BCUT2D eigenvalue weighted by molar-refractivity contribution is -0.0884. The number of carbonyl (C=O) groups excluding carboxylic acids is 1. The first kappa shape index (κ1) is 24.5. The predicted octanol–water partition coefficient (Wildman–Crippen LogP) is 3.05. The highest BCUT2D eigenvalue weighted by atomic mass is 35.5. The van der Waals surface area contributed by atoms with Crippen molar-refractivity contribution in [3.63, 3.8) is 0 Å². The van der Waals surface area contributed by atoms with Crippen LogP contribution in [0.25, 0.3) is 0 Å². The maximum atomic E-state index is 12.5. The lowest BCUT2D eigenvalue weighted by atomic mass is 9.97. The second-order valence-corrected chi connectivity index (χ2v) is 9.90. The average Bonchev–Trinajstić information content (AvgIpc) is 2.74. The first-order valence-corrected chi connectivity index (χ1v) is 12.3. The van der Waals surface area contributed by atoms with Crippen LogP contribution in [0.4, 0.5) is 10.5 Å². The number of anilines is 1. The number of aryl methyl sites for hydroxylation is 1. The van der Waals surface area contributed by atoms with Crippen molar-refractivity contribution in [3.8, 4) is 0 Å². The van der Waals surface area contributed by atoms with E-state index in [0.717, 1.165) is 0 Å². The van der Waals surface area contributed by atoms with Crippen LogP contribution < -0.4 is 15.4 Å². The minimum Gasteiger partial charge on any atom is -0.394 e. The van der Waals surface area contributed by atoms with E-state index < -0.39 is 22.2 Å². The maximum absolute atomic E-state index is 12.5. The van der Waals surface area contributed by atoms with E-state index in [4.69, 9.17) is 16.3 Å². The van der Waals surface area contributed by atoms with Gasteiger partial charge in [-0.1, -0.05) is 35.9 Å². The van der Waals surface area contributed by atoms with Crippen molar-refractivity contribution < 1.29 is 23.1 Å². The summed E-state index contributed by atoms with van der Waals surface area (Å²) in [5.41, 5.74) is 1.24. The van der Waals surface area contributed by atoms with Gasteiger partial charge in [-0.05, 0) is 56.0 Å². The fourth-order valence-corrected chi connectivity index (χ4v) is 5.18. The molecule has 8 nitrogen and oxygen atoms in total. The van der Waals surface area contributed by atoms with Gasteiger partial charge in [0.2, 0.25) is 10.0 Å². The Balaban J connectivity index is 1.47. The molecule has 3 rings (SSSR count). The van der Waals surface area contributed by atoms with E-state index in [0.29, 0.717) is 35.5 Å². The molecule has 0 aliphatic carbocycles. The number of aliphatic hydroxyl groups excluding tert-OH is 1. The molecule has 4 N–H and O–H groups in total. The van der Waals surface area contributed by atoms with Crippen LogP contribution in [-0.2, 0) is 14.8 Å². The van der Waals surface area contributed by atoms with Gasteiger partial charge in [-0.25, -0.2) is 17.9 Å². The van der Waals surface area contributed by atoms with E-state index in [2.05, 4.69) is 15.4 Å². The molecule has 2 amide bonds. The summed E-state index contributed by atoms with van der Waals surface area (Å²) in [6.45, 7) is 1.71. The number of rotatable bonds is 8. The number of carbonyl (C=O) groups is 1. The summed E-state index contributed by atoms with van der Waals surface area (Å²) in [5, 5.41) is 15.8. The van der Waals surface area contributed by atoms with Gasteiger partial charge in [0, 0.05) is 17.3 Å². The summed E-state index contributed by atoms with van der Waals surface area (Å²) in [5.74, 6) is 0. The lowest BCUT2D eigenvalue weighted by Crippen LogP contribution is -2.52. The van der Waals surface area contributed by atoms with Crippen molar-refractivity contribution in [2.24, 2.45) is 0 Å². The summed E-state index contributed by atoms with van der Waals surface area (Å²) >= 11 is 5.93. The highest BCUT2D eigenvalue weighted by Crippen LogP contribution is 2.23. The van der Waals surface area contributed by atoms with Crippen molar-refractivity contribution in [2.45, 2.75) is 49.3 Å². The molecule has 0 spiro atoms. The molecule has 0 saturated carbocycles. The highest BCUT2D eigenvalue weighted by molar-refractivity contribution is 7.89. The number of hydrogen-bond acceptors (Lipinski definition) is 5. The SMILES string of the molecule is Cc1ccccc1S(=O)(=O)NCC[C@@H]1CC[C@H](NC(=O)Nc2cccc(Cl)c2)[C@@H](CO)O1. The molecular formula is C22H28ClN3O5S. The van der Waals surface area contributed by atoms with Crippen LogP contribution in [0.5, 0.6) is 0 Å². The predicted molar refractivity (Wildman–Crippen MR) is 123 cm³/mol. The van der Waals surface area contributed by atoms with Gasteiger partial charge < -0.3 is 20.5 Å². The summed E-state index contributed by atoms with van der Waals surface area (Å²) in [7, 11) is -3.60. The van der Waals surface area contributed by atoms with E-state index >= 15 is 0 Å². The Labute approximate surface area is 193 Å². The van der Waals surface area contributed by atoms with Crippen molar-refractivity contribution >= 4 is 33.3 Å². The number of urea groups is 1. The topological polar surface area (TPSA) is 117 Å². The molecule has 1 saturated heterocycles. The van der Waals surface area contributed by atoms with Gasteiger partial charge in [-0.2, -0.15) is 0 Å². The van der Waals surface area contributed by atoms with Crippen LogP contribution >= 0.6 is 11.6 Å². The van der Waals surface area contributed by atoms with E-state index in [1.54, 1.807) is 55.5 Å². The fourth-order valence-electron chi connectivity index (χ4n) is 3.70. The Kier molecular flexibility index (Phi) is 8.50. The van der Waals surface area contributed by atoms with Crippen LogP contribution in [0.2, 0.25) is 5.02 Å². The zero-order valence-corrected chi connectivity index (χ0v) is 19.3. The highest BCUT2D eigenvalue weighted by Gasteiger charge is 2.32. The molecule has 0 aromatic heterocycles. The van der Waals surface area contributed by atoms with Gasteiger partial charge in [0.25, 0.3) is 0 Å². The van der Waals surface area contributed by atoms with Crippen LogP contribution in [0.15, 0.2) is 53.4 Å². The molecule has 2 aromatic rings. The molecule has 10 heteroatoms. The monoisotopic (exact) mass is 481 g/mol. The number of amides is 2. The first-order chi connectivity index (χ1) is 15.3. The van der Waals surface area contributed by atoms with E-state index in [9.17, 15) is 18.3 Å². The molecular weight excluding hydrogens is 454 g/mol. The minimum atomic E-state index is -3.60. The zero-order chi connectivity index (χ0) is 23.1. The fraction of sp³-hybridized carbons (Fsp3) is 0.409. The molecule has 1 heterocycles. The van der Waals surface area contributed by atoms with Crippen molar-refractivity contribution in [1.29, 1.82) is 0 Å². The zero-order valence-electron chi connectivity index (χ0n) is 17.8. The summed E-state index contributed by atoms with van der Waals surface area (Å²) in [4.78, 5) is 12.6. The van der Waals surface area contributed by atoms with Gasteiger partial charge in [-0.3, -0.25) is 0 Å². The van der Waals surface area contributed by atoms with Crippen LogP contribution in [0, 0.1) is 6.92 Å². The average molecular weight is 482 g/mol. The number of aliphatic hydroxyl groups is 1. The normalized spacial score (nSPS) is 21.2. The molecule has 1 fully saturated rings. The minimum absolute atomic E-state index is 0.215. The third-order valence-electron chi connectivity index (χ3n) is 5.34. The first-order valence-electron chi connectivity index (χ1n) is 10.4. The summed E-state index contributed by atoms with van der Waals surface area (Å²) in [6.07, 6.45) is 0.893. The number of ether oxygens (including phenoxy) is 1. The Hall–Kier alpha value is -2.17. The van der Waals surface area contributed by atoms with Gasteiger partial charge in [0.15, 0.2) is 0 Å². The molecule has 0 radical (unpaired) electrons. The van der Waals surface area contributed by atoms with Crippen molar-refractivity contribution in [2.75, 3.05) is 18.5 Å². The molecule has 3 atom stereocenters. The van der Waals surface area contributed by atoms with E-state index in [-0.39, 0.29) is 30.2 Å². The van der Waals surface area contributed by atoms with Gasteiger partial charge >= 0.3 is 6.03 Å². The van der Waals surface area contributed by atoms with Crippen LogP contribution in [0.3, 0.4) is 0 Å². The number of hydrogen-bond donors (Lipinski definition) is 4. The molecule has 2 aromatic carbocycles. The molecule has 0 bridgehead atoms. The number of nitrogens with one attached hydrogen (secondary N) is 3. The molecule has 1 aliphatic rings. The molecule has 32 heavy (non-hydrogen) atoms. The summed E-state index contributed by atoms with van der Waals surface area (Å²) in [6, 6.07) is 12.8. The second-order valence-electron chi connectivity index (χ2n) is 7.72. The van der Waals surface area contributed by atoms with Crippen LogP contribution in [0.1, 0.15) is 24.8 Å². The lowest BCUT2D eigenvalue weighted by Gasteiger charge is -2.36. The van der Waals surface area contributed by atoms with Gasteiger partial charge in [0.05, 0.1) is 23.6 Å². The third-order valence-corrected chi connectivity index (χ3v) is 7.19. The molecule has 174 valence electrons. The Morgan fingerprint density at radius 2 is 1.97 bits per heavy atom. The maximum Gasteiger partial charge on any atom is 0.319 e. The Bertz CT molecular complexity index is 1030. The molecule has 0 unspecified atom stereocenters. The Morgan fingerprint density at radius 3 is 2.69 bits per heavy atom. The Morgan fingerprint density at radius 1 is 1.19 bits per heavy atom. The van der Waals surface area contributed by atoms with Gasteiger partial charge in [-0.15, -0.1) is 0 Å². The standard InChI is InChI=1S/C22H28ClN3O5S/c1-15-5-2-3-8-21(15)32(29,30)24-12-11-18-9-10-19(20(14-27)31-18)26-22(28)25-17-7-4-6-16(23)13-17/h2-8,13,18-20,24,27H,9-12,14H2,1H3,(H2,25,26,28)/t18-,19-,20+/m0/s1. The number of halogens is 1. The second kappa shape index (κ2) is 11.1. The van der Waals surface area contributed by atoms with Gasteiger partial charge in [0.1, 0.15) is 6.10 Å². The van der Waals surface area contributed by atoms with E-state index in [1.165, 1.54) is 0 Å². The summed E-state index contributed by atoms with van der Waals surface area (Å²) < 4.78 is 33.5. The molecule has 1 aliphatic heterocycles. The van der Waals surface area contributed by atoms with Crippen LogP contribution in [-0.4, -0.2) is 51.0 Å². The number of benzene rings is 2. The quantitative estimate of drug-likeness (QED) is 0.462. The number of sulfonamides is 1. The van der Waals surface area contributed by atoms with E-state index in [1.807, 2.05) is 0 Å². The largest absolute Gasteiger partial charge is 0.394 e. The van der Waals surface area contributed by atoms with Crippen molar-refractivity contribution in [1.82, 2.24) is 10.0 Å². The van der Waals surface area contributed by atoms with Crippen molar-refractivity contribution in [3.05, 3.63) is 59.1 Å². The third kappa shape index (κ3) is 6.66.